The third-order valence-electron chi connectivity index (χ3n) is 3.16. The van der Waals surface area contributed by atoms with Gasteiger partial charge in [-0.3, -0.25) is 10.1 Å². The van der Waals surface area contributed by atoms with Crippen molar-refractivity contribution in [2.45, 2.75) is 6.61 Å². The average molecular weight is 342 g/mol. The van der Waals surface area contributed by atoms with Crippen molar-refractivity contribution >= 4 is 11.7 Å². The van der Waals surface area contributed by atoms with Gasteiger partial charge in [-0.05, 0) is 12.1 Å². The quantitative estimate of drug-likeness (QED) is 0.224. The summed E-state index contributed by atoms with van der Waals surface area (Å²) in [5.74, 6) is -0.430. The molecule has 0 bridgehead atoms. The molecule has 0 aliphatic rings. The Bertz CT molecular complexity index is 905. The second-order valence-corrected chi connectivity index (χ2v) is 4.83. The maximum Gasteiger partial charge on any atom is 0.339 e. The number of nitro groups is 1. The van der Waals surface area contributed by atoms with E-state index in [1.165, 1.54) is 48.8 Å². The molecule has 0 fully saturated rings. The molecule has 0 aliphatic carbocycles. The number of non-ortho nitro benzene ring substituents is 1. The molecule has 2 heterocycles. The van der Waals surface area contributed by atoms with E-state index in [2.05, 4.69) is 10.2 Å². The lowest BCUT2D eigenvalue weighted by Crippen LogP contribution is -2.24. The molecule has 10 nitrogen and oxygen atoms in total. The zero-order chi connectivity index (χ0) is 17.8. The maximum absolute atomic E-state index is 11.8. The van der Waals surface area contributed by atoms with Crippen LogP contribution < -0.4 is 4.73 Å². The van der Waals surface area contributed by atoms with Gasteiger partial charge in [0.05, 0.1) is 10.5 Å². The van der Waals surface area contributed by atoms with E-state index in [1.54, 1.807) is 0 Å². The number of aromatic nitrogens is 3. The lowest BCUT2D eigenvalue weighted by Gasteiger charge is -2.01. The van der Waals surface area contributed by atoms with E-state index in [4.69, 9.17) is 9.15 Å². The van der Waals surface area contributed by atoms with Gasteiger partial charge in [-0.25, -0.2) is 4.79 Å². The number of hydrogen-bond donors (Lipinski definition) is 0. The van der Waals surface area contributed by atoms with Gasteiger partial charge in [0.2, 0.25) is 5.89 Å². The topological polar surface area (TPSA) is 135 Å². The van der Waals surface area contributed by atoms with Crippen molar-refractivity contribution in [2.24, 2.45) is 0 Å². The summed E-state index contributed by atoms with van der Waals surface area (Å²) in [6.45, 7) is -0.245. The molecule has 0 saturated carbocycles. The lowest BCUT2D eigenvalue weighted by molar-refractivity contribution is -0.605. The number of carbonyl (C=O) groups is 1. The van der Waals surface area contributed by atoms with Crippen LogP contribution in [-0.2, 0) is 11.3 Å². The number of hydrogen-bond acceptors (Lipinski definition) is 8. The minimum Gasteiger partial charge on any atom is -0.619 e. The van der Waals surface area contributed by atoms with Crippen LogP contribution in [0.4, 0.5) is 5.69 Å². The summed E-state index contributed by atoms with van der Waals surface area (Å²) < 4.78 is 10.9. The van der Waals surface area contributed by atoms with Gasteiger partial charge >= 0.3 is 5.97 Å². The summed E-state index contributed by atoms with van der Waals surface area (Å²) in [6, 6.07) is 8.23. The zero-order valence-electron chi connectivity index (χ0n) is 12.6. The van der Waals surface area contributed by atoms with Crippen LogP contribution in [-0.4, -0.2) is 21.1 Å². The van der Waals surface area contributed by atoms with Crippen LogP contribution in [0, 0.1) is 15.3 Å². The molecule has 0 radical (unpaired) electrons. The molecule has 25 heavy (non-hydrogen) atoms. The van der Waals surface area contributed by atoms with E-state index < -0.39 is 10.9 Å². The average Bonchev–Trinajstić information content (AvgIpc) is 3.09. The molecular weight excluding hydrogens is 332 g/mol. The fraction of sp³-hybridized carbons (Fsp3) is 0.0667. The van der Waals surface area contributed by atoms with E-state index in [9.17, 15) is 20.1 Å². The fourth-order valence-electron chi connectivity index (χ4n) is 1.91. The Morgan fingerprint density at radius 3 is 2.48 bits per heavy atom. The second kappa shape index (κ2) is 6.74. The van der Waals surface area contributed by atoms with Crippen LogP contribution in [0.1, 0.15) is 16.2 Å². The molecule has 0 atom stereocenters. The Kier molecular flexibility index (Phi) is 4.33. The van der Waals surface area contributed by atoms with E-state index in [0.717, 1.165) is 0 Å². The van der Waals surface area contributed by atoms with Gasteiger partial charge in [0.1, 0.15) is 0 Å². The zero-order valence-corrected chi connectivity index (χ0v) is 12.6. The summed E-state index contributed by atoms with van der Waals surface area (Å²) in [6.07, 6.45) is 2.35. The SMILES string of the molecule is O=C(OCc1nnc(-c2ccc([N+](=O)[O-])cc2)o1)c1cc[n+]([O-])cc1. The summed E-state index contributed by atoms with van der Waals surface area (Å²) in [7, 11) is 0. The number of rotatable bonds is 5. The first-order chi connectivity index (χ1) is 12.0. The molecule has 3 aromatic rings. The van der Waals surface area contributed by atoms with E-state index in [-0.39, 0.29) is 29.6 Å². The van der Waals surface area contributed by atoms with Gasteiger partial charge in [-0.2, -0.15) is 4.73 Å². The highest BCUT2D eigenvalue weighted by atomic mass is 16.6. The Morgan fingerprint density at radius 1 is 1.16 bits per heavy atom. The molecule has 1 aromatic carbocycles. The Hall–Kier alpha value is -3.82. The summed E-state index contributed by atoms with van der Waals surface area (Å²) in [5, 5.41) is 29.1. The molecule has 2 aromatic heterocycles. The molecule has 10 heteroatoms. The van der Waals surface area contributed by atoms with E-state index in [0.29, 0.717) is 10.3 Å². The molecule has 0 spiro atoms. The summed E-state index contributed by atoms with van der Waals surface area (Å²) in [5.41, 5.74) is 0.653. The van der Waals surface area contributed by atoms with Crippen molar-refractivity contribution in [1.82, 2.24) is 10.2 Å². The highest BCUT2D eigenvalue weighted by Crippen LogP contribution is 2.21. The predicted octanol–water partition coefficient (Wildman–Crippen LogP) is 1.64. The second-order valence-electron chi connectivity index (χ2n) is 4.83. The normalized spacial score (nSPS) is 10.4. The van der Waals surface area contributed by atoms with Gasteiger partial charge in [-0.15, -0.1) is 10.2 Å². The first-order valence-electron chi connectivity index (χ1n) is 6.96. The van der Waals surface area contributed by atoms with Crippen LogP contribution in [0.15, 0.2) is 53.2 Å². The number of esters is 1. The standard InChI is InChI=1S/C15H10N4O6/c20-15(11-5-7-18(21)8-6-11)24-9-13-16-17-14(25-13)10-1-3-12(4-2-10)19(22)23/h1-8H,9H2. The Balaban J connectivity index is 1.64. The van der Waals surface area contributed by atoms with Crippen molar-refractivity contribution in [3.05, 3.63) is 75.6 Å². The van der Waals surface area contributed by atoms with E-state index in [1.807, 2.05) is 0 Å². The lowest BCUT2D eigenvalue weighted by atomic mass is 10.2. The number of nitrogens with zero attached hydrogens (tertiary/aromatic N) is 4. The fourth-order valence-corrected chi connectivity index (χ4v) is 1.91. The third-order valence-corrected chi connectivity index (χ3v) is 3.16. The smallest absolute Gasteiger partial charge is 0.339 e. The number of benzene rings is 1. The molecule has 0 amide bonds. The number of ether oxygens (including phenoxy) is 1. The first-order valence-corrected chi connectivity index (χ1v) is 6.96. The number of pyridine rings is 1. The van der Waals surface area contributed by atoms with Crippen molar-refractivity contribution in [3.63, 3.8) is 0 Å². The number of nitro benzene ring substituents is 1. The molecule has 0 saturated heterocycles. The predicted molar refractivity (Wildman–Crippen MR) is 80.9 cm³/mol. The van der Waals surface area contributed by atoms with Crippen molar-refractivity contribution in [3.8, 4) is 11.5 Å². The molecule has 0 aliphatic heterocycles. The van der Waals surface area contributed by atoms with Gasteiger partial charge in [0.15, 0.2) is 19.0 Å². The number of carbonyl (C=O) groups excluding carboxylic acids is 1. The minimum absolute atomic E-state index is 0.0559. The van der Waals surface area contributed by atoms with Crippen LogP contribution in [0.5, 0.6) is 0 Å². The van der Waals surface area contributed by atoms with Crippen molar-refractivity contribution in [2.75, 3.05) is 0 Å². The highest BCUT2D eigenvalue weighted by molar-refractivity contribution is 5.88. The van der Waals surface area contributed by atoms with Crippen LogP contribution in [0.3, 0.4) is 0 Å². The largest absolute Gasteiger partial charge is 0.619 e. The van der Waals surface area contributed by atoms with Crippen molar-refractivity contribution in [1.29, 1.82) is 0 Å². The Morgan fingerprint density at radius 2 is 1.84 bits per heavy atom. The monoisotopic (exact) mass is 342 g/mol. The van der Waals surface area contributed by atoms with Crippen LogP contribution in [0.2, 0.25) is 0 Å². The minimum atomic E-state index is -0.643. The molecular formula is C15H10N4O6. The van der Waals surface area contributed by atoms with Crippen molar-refractivity contribution < 1.29 is 23.6 Å². The van der Waals surface area contributed by atoms with Gasteiger partial charge in [0, 0.05) is 29.8 Å². The summed E-state index contributed by atoms with van der Waals surface area (Å²) >= 11 is 0. The highest BCUT2D eigenvalue weighted by Gasteiger charge is 2.14. The molecule has 126 valence electrons. The van der Waals surface area contributed by atoms with Gasteiger partial charge in [0.25, 0.3) is 11.6 Å². The maximum atomic E-state index is 11.8. The van der Waals surface area contributed by atoms with E-state index >= 15 is 0 Å². The molecule has 0 unspecified atom stereocenters. The molecule has 3 rings (SSSR count). The van der Waals surface area contributed by atoms with Gasteiger partial charge < -0.3 is 14.4 Å². The summed E-state index contributed by atoms with van der Waals surface area (Å²) in [4.78, 5) is 21.9. The first kappa shape index (κ1) is 16.1. The van der Waals surface area contributed by atoms with Crippen LogP contribution in [0.25, 0.3) is 11.5 Å². The van der Waals surface area contributed by atoms with Gasteiger partial charge in [-0.1, -0.05) is 0 Å². The molecule has 0 N–H and O–H groups in total. The van der Waals surface area contributed by atoms with Crippen LogP contribution >= 0.6 is 0 Å². The Labute approximate surface area is 140 Å². The third kappa shape index (κ3) is 3.75.